The van der Waals surface area contributed by atoms with Gasteiger partial charge in [-0.2, -0.15) is 0 Å². The first-order valence-electron chi connectivity index (χ1n) is 5.72. The number of rotatable bonds is 4. The van der Waals surface area contributed by atoms with E-state index >= 15 is 0 Å². The molecule has 5 heteroatoms. The number of ether oxygens (including phenoxy) is 1. The van der Waals surface area contributed by atoms with Gasteiger partial charge in [0.05, 0.1) is 13.5 Å². The van der Waals surface area contributed by atoms with Crippen molar-refractivity contribution in [2.75, 3.05) is 19.0 Å². The number of methoxy groups -OCH3 is 1. The molecule has 0 unspecified atom stereocenters. The summed E-state index contributed by atoms with van der Waals surface area (Å²) in [6.45, 7) is 4.13. The zero-order chi connectivity index (χ0) is 13.5. The van der Waals surface area contributed by atoms with Gasteiger partial charge >= 0.3 is 12.0 Å². The molecule has 0 radical (unpaired) electrons. The fourth-order valence-electron chi connectivity index (χ4n) is 1.42. The van der Waals surface area contributed by atoms with E-state index in [1.807, 2.05) is 32.0 Å². The molecule has 0 spiro atoms. The number of hydrogen-bond donors (Lipinski definition) is 2. The second-order valence-electron chi connectivity index (χ2n) is 4.03. The van der Waals surface area contributed by atoms with Crippen molar-refractivity contribution in [3.05, 3.63) is 29.3 Å². The van der Waals surface area contributed by atoms with Crippen molar-refractivity contribution in [2.24, 2.45) is 0 Å². The summed E-state index contributed by atoms with van der Waals surface area (Å²) in [5.74, 6) is -0.345. The molecule has 0 fully saturated rings. The van der Waals surface area contributed by atoms with Gasteiger partial charge in [0.25, 0.3) is 0 Å². The average molecular weight is 250 g/mol. The Labute approximate surface area is 107 Å². The van der Waals surface area contributed by atoms with Gasteiger partial charge in [-0.3, -0.25) is 4.79 Å². The summed E-state index contributed by atoms with van der Waals surface area (Å²) in [4.78, 5) is 22.4. The Kier molecular flexibility index (Phi) is 5.17. The third kappa shape index (κ3) is 4.45. The lowest BCUT2D eigenvalue weighted by atomic mass is 10.1. The third-order valence-electron chi connectivity index (χ3n) is 2.48. The molecule has 1 aromatic carbocycles. The molecule has 1 rings (SSSR count). The molecule has 98 valence electrons. The van der Waals surface area contributed by atoms with Gasteiger partial charge in [-0.1, -0.05) is 12.1 Å². The Morgan fingerprint density at radius 3 is 2.67 bits per heavy atom. The monoisotopic (exact) mass is 250 g/mol. The van der Waals surface area contributed by atoms with Crippen LogP contribution in [0.1, 0.15) is 17.5 Å². The van der Waals surface area contributed by atoms with E-state index in [4.69, 9.17) is 0 Å². The molecule has 0 atom stereocenters. The first kappa shape index (κ1) is 14.0. The lowest BCUT2D eigenvalue weighted by molar-refractivity contribution is -0.140. The van der Waals surface area contributed by atoms with Crippen LogP contribution in [0.15, 0.2) is 18.2 Å². The second-order valence-corrected chi connectivity index (χ2v) is 4.03. The Morgan fingerprint density at radius 1 is 1.28 bits per heavy atom. The van der Waals surface area contributed by atoms with E-state index in [0.717, 1.165) is 16.8 Å². The molecule has 0 aliphatic carbocycles. The molecule has 0 saturated heterocycles. The van der Waals surface area contributed by atoms with Gasteiger partial charge in [0, 0.05) is 12.2 Å². The largest absolute Gasteiger partial charge is 0.469 e. The minimum absolute atomic E-state index is 0.163. The molecule has 0 saturated carbocycles. The number of amides is 2. The van der Waals surface area contributed by atoms with Crippen LogP contribution in [0.2, 0.25) is 0 Å². The van der Waals surface area contributed by atoms with E-state index in [2.05, 4.69) is 15.4 Å². The van der Waals surface area contributed by atoms with Crippen molar-refractivity contribution in [2.45, 2.75) is 20.3 Å². The summed E-state index contributed by atoms with van der Waals surface area (Å²) in [5.41, 5.74) is 2.83. The van der Waals surface area contributed by atoms with E-state index < -0.39 is 0 Å². The average Bonchev–Trinajstić information content (AvgIpc) is 2.33. The van der Waals surface area contributed by atoms with Crippen LogP contribution in [-0.2, 0) is 9.53 Å². The smallest absolute Gasteiger partial charge is 0.319 e. The van der Waals surface area contributed by atoms with E-state index in [-0.39, 0.29) is 25.0 Å². The molecule has 0 bridgehead atoms. The quantitative estimate of drug-likeness (QED) is 0.803. The van der Waals surface area contributed by atoms with Crippen LogP contribution in [0, 0.1) is 13.8 Å². The third-order valence-corrected chi connectivity index (χ3v) is 2.48. The second kappa shape index (κ2) is 6.64. The predicted molar refractivity (Wildman–Crippen MR) is 69.6 cm³/mol. The highest BCUT2D eigenvalue weighted by Gasteiger charge is 2.05. The number of hydrogen-bond acceptors (Lipinski definition) is 3. The van der Waals surface area contributed by atoms with Gasteiger partial charge in [-0.25, -0.2) is 4.79 Å². The molecule has 0 heterocycles. The van der Waals surface area contributed by atoms with Crippen LogP contribution in [0.5, 0.6) is 0 Å². The van der Waals surface area contributed by atoms with Crippen LogP contribution >= 0.6 is 0 Å². The zero-order valence-corrected chi connectivity index (χ0v) is 10.9. The molecule has 1 aromatic rings. The van der Waals surface area contributed by atoms with Crippen molar-refractivity contribution >= 4 is 17.7 Å². The van der Waals surface area contributed by atoms with Gasteiger partial charge in [0.2, 0.25) is 0 Å². The maximum Gasteiger partial charge on any atom is 0.319 e. The van der Waals surface area contributed by atoms with Gasteiger partial charge in [0.1, 0.15) is 0 Å². The molecule has 0 aliphatic heterocycles. The zero-order valence-electron chi connectivity index (χ0n) is 10.9. The predicted octanol–water partition coefficient (Wildman–Crippen LogP) is 1.99. The normalized spacial score (nSPS) is 9.72. The van der Waals surface area contributed by atoms with Crippen molar-refractivity contribution in [3.63, 3.8) is 0 Å². The van der Waals surface area contributed by atoms with Crippen LogP contribution < -0.4 is 10.6 Å². The Morgan fingerprint density at radius 2 is 2.00 bits per heavy atom. The van der Waals surface area contributed by atoms with Gasteiger partial charge in [-0.05, 0) is 31.0 Å². The minimum Gasteiger partial charge on any atom is -0.469 e. The number of carbonyl (C=O) groups is 2. The Bertz CT molecular complexity index is 444. The highest BCUT2D eigenvalue weighted by molar-refractivity contribution is 5.90. The SMILES string of the molecule is COC(=O)CCNC(=O)Nc1cc(C)ccc1C. The lowest BCUT2D eigenvalue weighted by Gasteiger charge is -2.10. The van der Waals surface area contributed by atoms with Gasteiger partial charge < -0.3 is 15.4 Å². The number of urea groups is 1. The molecule has 0 aliphatic rings. The van der Waals surface area contributed by atoms with Crippen molar-refractivity contribution < 1.29 is 14.3 Å². The summed E-state index contributed by atoms with van der Waals surface area (Å²) < 4.78 is 4.47. The standard InChI is InChI=1S/C13H18N2O3/c1-9-4-5-10(2)11(8-9)15-13(17)14-7-6-12(16)18-3/h4-5,8H,6-7H2,1-3H3,(H2,14,15,17). The van der Waals surface area contributed by atoms with E-state index in [1.54, 1.807) is 0 Å². The molecule has 2 amide bonds. The lowest BCUT2D eigenvalue weighted by Crippen LogP contribution is -2.31. The Balaban J connectivity index is 2.44. The summed E-state index contributed by atoms with van der Waals surface area (Å²) in [5, 5.41) is 5.33. The summed E-state index contributed by atoms with van der Waals surface area (Å²) in [6, 6.07) is 5.50. The first-order chi connectivity index (χ1) is 8.52. The number of nitrogens with one attached hydrogen (secondary N) is 2. The van der Waals surface area contributed by atoms with Crippen LogP contribution in [0.3, 0.4) is 0 Å². The highest BCUT2D eigenvalue weighted by Crippen LogP contribution is 2.15. The molecule has 5 nitrogen and oxygen atoms in total. The first-order valence-corrected chi connectivity index (χ1v) is 5.72. The topological polar surface area (TPSA) is 67.4 Å². The molecular formula is C13H18N2O3. The van der Waals surface area contributed by atoms with Crippen molar-refractivity contribution in [1.29, 1.82) is 0 Å². The summed E-state index contributed by atoms with van der Waals surface area (Å²) >= 11 is 0. The minimum atomic E-state index is -0.345. The van der Waals surface area contributed by atoms with Crippen molar-refractivity contribution in [1.82, 2.24) is 5.32 Å². The number of benzene rings is 1. The molecule has 0 aromatic heterocycles. The molecule has 18 heavy (non-hydrogen) atoms. The molecular weight excluding hydrogens is 232 g/mol. The van der Waals surface area contributed by atoms with E-state index in [9.17, 15) is 9.59 Å². The van der Waals surface area contributed by atoms with E-state index in [1.165, 1.54) is 7.11 Å². The molecule has 2 N–H and O–H groups in total. The van der Waals surface area contributed by atoms with Crippen LogP contribution in [0.4, 0.5) is 10.5 Å². The fraction of sp³-hybridized carbons (Fsp3) is 0.385. The van der Waals surface area contributed by atoms with Crippen molar-refractivity contribution in [3.8, 4) is 0 Å². The summed E-state index contributed by atoms with van der Waals surface area (Å²) in [6.07, 6.45) is 0.163. The van der Waals surface area contributed by atoms with Gasteiger partial charge in [0.15, 0.2) is 0 Å². The van der Waals surface area contributed by atoms with E-state index in [0.29, 0.717) is 0 Å². The number of carbonyl (C=O) groups excluding carboxylic acids is 2. The fourth-order valence-corrected chi connectivity index (χ4v) is 1.42. The number of esters is 1. The van der Waals surface area contributed by atoms with Gasteiger partial charge in [-0.15, -0.1) is 0 Å². The highest BCUT2D eigenvalue weighted by atomic mass is 16.5. The number of aryl methyl sites for hydroxylation is 2. The van der Waals surface area contributed by atoms with Crippen LogP contribution in [0.25, 0.3) is 0 Å². The maximum absolute atomic E-state index is 11.6. The number of anilines is 1. The maximum atomic E-state index is 11.6. The Hall–Kier alpha value is -2.04. The van der Waals surface area contributed by atoms with Crippen LogP contribution in [-0.4, -0.2) is 25.7 Å². The summed E-state index contributed by atoms with van der Waals surface area (Å²) in [7, 11) is 1.32.